The smallest absolute Gasteiger partial charge is 0.312 e. The molecule has 2 atom stereocenters. The maximum absolute atomic E-state index is 10.8. The average Bonchev–Trinajstić information content (AvgIpc) is 2.65. The van der Waals surface area contributed by atoms with Crippen molar-refractivity contribution >= 4 is 11.9 Å². The molecule has 1 aliphatic rings. The highest BCUT2D eigenvalue weighted by Gasteiger charge is 2.46. The summed E-state index contributed by atoms with van der Waals surface area (Å²) in [7, 11) is 1.32. The van der Waals surface area contributed by atoms with Crippen LogP contribution in [-0.2, 0) is 19.1 Å². The second-order valence-corrected chi connectivity index (χ2v) is 2.51. The Kier molecular flexibility index (Phi) is 2.12. The summed E-state index contributed by atoms with van der Waals surface area (Å²) in [6.45, 7) is 1.33. The number of methoxy groups -OCH3 is 1. The van der Waals surface area contributed by atoms with Crippen LogP contribution in [0.1, 0.15) is 13.3 Å². The first-order chi connectivity index (χ1) is 5.15. The lowest BCUT2D eigenvalue weighted by Crippen LogP contribution is -2.10. The Labute approximate surface area is 64.5 Å². The Morgan fingerprint density at radius 2 is 2.09 bits per heavy atom. The first-order valence-corrected chi connectivity index (χ1v) is 3.40. The van der Waals surface area contributed by atoms with E-state index in [1.807, 2.05) is 0 Å². The van der Waals surface area contributed by atoms with Crippen LogP contribution in [0.2, 0.25) is 0 Å². The summed E-state index contributed by atoms with van der Waals surface area (Å²) in [6.07, 6.45) is 0.367. The monoisotopic (exact) mass is 158 g/mol. The van der Waals surface area contributed by atoms with Gasteiger partial charge in [0.05, 0.1) is 13.0 Å². The summed E-state index contributed by atoms with van der Waals surface area (Å²) in [5.41, 5.74) is 0. The van der Waals surface area contributed by atoms with Crippen LogP contribution in [0, 0.1) is 5.92 Å². The fourth-order valence-electron chi connectivity index (χ4n) is 0.915. The van der Waals surface area contributed by atoms with Crippen LogP contribution < -0.4 is 0 Å². The lowest BCUT2D eigenvalue weighted by Gasteiger charge is -1.98. The summed E-state index contributed by atoms with van der Waals surface area (Å²) in [5.74, 6) is -0.860. The molecule has 0 radical (unpaired) electrons. The zero-order valence-electron chi connectivity index (χ0n) is 6.49. The summed E-state index contributed by atoms with van der Waals surface area (Å²) in [6, 6.07) is 0. The predicted molar refractivity (Wildman–Crippen MR) is 35.7 cm³/mol. The Balaban J connectivity index is 2.26. The molecule has 1 fully saturated rings. The molecule has 0 unspecified atom stereocenters. The van der Waals surface area contributed by atoms with E-state index < -0.39 is 0 Å². The molecule has 4 nitrogen and oxygen atoms in total. The van der Waals surface area contributed by atoms with Gasteiger partial charge in [0.1, 0.15) is 6.10 Å². The molecule has 1 saturated carbocycles. The van der Waals surface area contributed by atoms with Gasteiger partial charge in [-0.15, -0.1) is 0 Å². The molecule has 0 saturated heterocycles. The van der Waals surface area contributed by atoms with E-state index in [-0.39, 0.29) is 24.0 Å². The minimum absolute atomic E-state index is 0.219. The van der Waals surface area contributed by atoms with Crippen molar-refractivity contribution in [2.75, 3.05) is 7.11 Å². The van der Waals surface area contributed by atoms with Gasteiger partial charge in [-0.1, -0.05) is 0 Å². The third-order valence-corrected chi connectivity index (χ3v) is 1.55. The molecule has 0 aromatic rings. The van der Waals surface area contributed by atoms with E-state index in [2.05, 4.69) is 4.74 Å². The van der Waals surface area contributed by atoms with Gasteiger partial charge in [0, 0.05) is 13.3 Å². The van der Waals surface area contributed by atoms with Crippen molar-refractivity contribution in [1.29, 1.82) is 0 Å². The first kappa shape index (κ1) is 8.04. The Morgan fingerprint density at radius 3 is 2.55 bits per heavy atom. The number of carbonyl (C=O) groups is 2. The molecule has 1 aliphatic carbocycles. The second-order valence-electron chi connectivity index (χ2n) is 2.51. The summed E-state index contributed by atoms with van der Waals surface area (Å²) >= 11 is 0. The molecular weight excluding hydrogens is 148 g/mol. The minimum Gasteiger partial charge on any atom is -0.469 e. The summed E-state index contributed by atoms with van der Waals surface area (Å²) < 4.78 is 9.21. The Hall–Kier alpha value is -1.06. The Morgan fingerprint density at radius 1 is 1.45 bits per heavy atom. The lowest BCUT2D eigenvalue weighted by molar-refractivity contribution is -0.147. The lowest BCUT2D eigenvalue weighted by atomic mass is 10.4. The van der Waals surface area contributed by atoms with Crippen molar-refractivity contribution in [2.45, 2.75) is 19.4 Å². The molecule has 11 heavy (non-hydrogen) atoms. The molecule has 4 heteroatoms. The topological polar surface area (TPSA) is 52.6 Å². The largest absolute Gasteiger partial charge is 0.469 e. The molecule has 0 spiro atoms. The highest BCUT2D eigenvalue weighted by molar-refractivity contribution is 5.77. The van der Waals surface area contributed by atoms with Gasteiger partial charge in [0.15, 0.2) is 0 Å². The van der Waals surface area contributed by atoms with Crippen molar-refractivity contribution in [3.8, 4) is 0 Å². The van der Waals surface area contributed by atoms with Gasteiger partial charge in [0.25, 0.3) is 0 Å². The normalized spacial score (nSPS) is 27.5. The average molecular weight is 158 g/mol. The summed E-state index contributed by atoms with van der Waals surface area (Å²) in [4.78, 5) is 21.1. The standard InChI is InChI=1S/C7H10O4/c1-4(8)11-6-3-5(6)7(9)10-2/h5-6H,3H2,1-2H3/t5-,6+/m0/s1. The van der Waals surface area contributed by atoms with Crippen molar-refractivity contribution in [1.82, 2.24) is 0 Å². The van der Waals surface area contributed by atoms with Crippen molar-refractivity contribution in [3.05, 3.63) is 0 Å². The number of esters is 2. The molecule has 0 N–H and O–H groups in total. The van der Waals surface area contributed by atoms with E-state index in [1.165, 1.54) is 14.0 Å². The van der Waals surface area contributed by atoms with E-state index >= 15 is 0 Å². The predicted octanol–water partition coefficient (Wildman–Crippen LogP) is 0.111. The quantitative estimate of drug-likeness (QED) is 0.535. The van der Waals surface area contributed by atoms with E-state index in [1.54, 1.807) is 0 Å². The number of rotatable bonds is 2. The van der Waals surface area contributed by atoms with Crippen LogP contribution in [0.3, 0.4) is 0 Å². The van der Waals surface area contributed by atoms with E-state index in [0.717, 1.165) is 0 Å². The number of ether oxygens (including phenoxy) is 2. The van der Waals surface area contributed by atoms with Gasteiger partial charge in [-0.05, 0) is 0 Å². The van der Waals surface area contributed by atoms with Crippen LogP contribution in [-0.4, -0.2) is 25.2 Å². The number of hydrogen-bond acceptors (Lipinski definition) is 4. The summed E-state index contributed by atoms with van der Waals surface area (Å²) in [5, 5.41) is 0. The van der Waals surface area contributed by atoms with Gasteiger partial charge in [0.2, 0.25) is 0 Å². The molecule has 0 bridgehead atoms. The van der Waals surface area contributed by atoms with Crippen molar-refractivity contribution in [2.24, 2.45) is 5.92 Å². The highest BCUT2D eigenvalue weighted by atomic mass is 16.6. The van der Waals surface area contributed by atoms with Crippen LogP contribution in [0.4, 0.5) is 0 Å². The zero-order chi connectivity index (χ0) is 8.43. The van der Waals surface area contributed by atoms with Crippen LogP contribution >= 0.6 is 0 Å². The first-order valence-electron chi connectivity index (χ1n) is 3.40. The van der Waals surface area contributed by atoms with Gasteiger partial charge in [-0.3, -0.25) is 9.59 Å². The fourth-order valence-corrected chi connectivity index (χ4v) is 0.915. The molecule has 62 valence electrons. The fraction of sp³-hybridized carbons (Fsp3) is 0.714. The van der Waals surface area contributed by atoms with E-state index in [0.29, 0.717) is 6.42 Å². The molecular formula is C7H10O4. The van der Waals surface area contributed by atoms with Gasteiger partial charge >= 0.3 is 11.9 Å². The molecule has 0 heterocycles. The molecule has 0 aliphatic heterocycles. The van der Waals surface area contributed by atoms with Gasteiger partial charge in [-0.25, -0.2) is 0 Å². The zero-order valence-corrected chi connectivity index (χ0v) is 6.49. The third kappa shape index (κ3) is 1.93. The third-order valence-electron chi connectivity index (χ3n) is 1.55. The molecule has 1 rings (SSSR count). The maximum atomic E-state index is 10.8. The highest BCUT2D eigenvalue weighted by Crippen LogP contribution is 2.34. The Bertz CT molecular complexity index is 187. The second kappa shape index (κ2) is 2.90. The van der Waals surface area contributed by atoms with Crippen LogP contribution in [0.15, 0.2) is 0 Å². The SMILES string of the molecule is COC(=O)[C@H]1C[C@H]1OC(C)=O. The van der Waals surface area contributed by atoms with E-state index in [9.17, 15) is 9.59 Å². The minimum atomic E-state index is -0.346. The van der Waals surface area contributed by atoms with Crippen LogP contribution in [0.25, 0.3) is 0 Å². The van der Waals surface area contributed by atoms with Gasteiger partial charge < -0.3 is 9.47 Å². The van der Waals surface area contributed by atoms with Gasteiger partial charge in [-0.2, -0.15) is 0 Å². The molecule has 0 aromatic heterocycles. The number of hydrogen-bond donors (Lipinski definition) is 0. The maximum Gasteiger partial charge on any atom is 0.312 e. The van der Waals surface area contributed by atoms with Crippen LogP contribution in [0.5, 0.6) is 0 Å². The van der Waals surface area contributed by atoms with Crippen molar-refractivity contribution < 1.29 is 19.1 Å². The van der Waals surface area contributed by atoms with E-state index in [4.69, 9.17) is 4.74 Å². The van der Waals surface area contributed by atoms with Crippen molar-refractivity contribution in [3.63, 3.8) is 0 Å². The number of carbonyl (C=O) groups excluding carboxylic acids is 2. The molecule has 0 amide bonds. The molecule has 0 aromatic carbocycles.